The van der Waals surface area contributed by atoms with Gasteiger partial charge in [0.15, 0.2) is 28.1 Å². The standard InChI is InChI=1S/C20H17ClF2N8O/c1-9-2-3-10(8-30(9)19(32)14-4-5-15(21)28-27-14)17-26-18-12-6-11(22)7-13(23)16(12)25-20(24)31(18)29-17/h4-7,9-10H,2-3,8H2,1H3,(H2,24,25)/t9-,10+/m0/s1. The molecule has 0 saturated carbocycles. The number of hydrogen-bond donors (Lipinski definition) is 1. The Morgan fingerprint density at radius 1 is 1.19 bits per heavy atom. The molecule has 2 atom stereocenters. The van der Waals surface area contributed by atoms with E-state index in [0.29, 0.717) is 18.8 Å². The highest BCUT2D eigenvalue weighted by molar-refractivity contribution is 6.29. The normalized spacial score (nSPS) is 19.1. The maximum absolute atomic E-state index is 14.2. The van der Waals surface area contributed by atoms with Crippen molar-refractivity contribution in [1.82, 2.24) is 34.7 Å². The summed E-state index contributed by atoms with van der Waals surface area (Å²) in [5.41, 5.74) is 6.28. The Labute approximate surface area is 185 Å². The lowest BCUT2D eigenvalue weighted by Gasteiger charge is -2.36. The first-order valence-electron chi connectivity index (χ1n) is 9.93. The van der Waals surface area contributed by atoms with E-state index in [2.05, 4.69) is 25.3 Å². The van der Waals surface area contributed by atoms with Gasteiger partial charge in [-0.1, -0.05) is 11.6 Å². The van der Waals surface area contributed by atoms with E-state index in [1.54, 1.807) is 4.90 Å². The lowest BCUT2D eigenvalue weighted by molar-refractivity contribution is 0.0599. The second-order valence-electron chi connectivity index (χ2n) is 7.78. The van der Waals surface area contributed by atoms with Crippen LogP contribution in [0.15, 0.2) is 24.3 Å². The number of carbonyl (C=O) groups is 1. The maximum Gasteiger partial charge on any atom is 0.274 e. The summed E-state index contributed by atoms with van der Waals surface area (Å²) in [6, 6.07) is 4.91. The first kappa shape index (κ1) is 20.4. The van der Waals surface area contributed by atoms with Crippen molar-refractivity contribution in [1.29, 1.82) is 0 Å². The van der Waals surface area contributed by atoms with Crippen molar-refractivity contribution in [2.24, 2.45) is 0 Å². The molecule has 1 saturated heterocycles. The van der Waals surface area contributed by atoms with E-state index in [1.807, 2.05) is 6.92 Å². The van der Waals surface area contributed by atoms with Crippen LogP contribution in [0.1, 0.15) is 42.0 Å². The van der Waals surface area contributed by atoms with Crippen LogP contribution in [0.5, 0.6) is 0 Å². The number of amides is 1. The van der Waals surface area contributed by atoms with E-state index in [-0.39, 0.29) is 51.2 Å². The Hall–Kier alpha value is -3.47. The molecule has 164 valence electrons. The summed E-state index contributed by atoms with van der Waals surface area (Å²) in [7, 11) is 0. The second-order valence-corrected chi connectivity index (χ2v) is 8.17. The number of piperidine rings is 1. The van der Waals surface area contributed by atoms with Crippen LogP contribution in [0.3, 0.4) is 0 Å². The smallest absolute Gasteiger partial charge is 0.274 e. The van der Waals surface area contributed by atoms with Crippen molar-refractivity contribution >= 4 is 40.0 Å². The average Bonchev–Trinajstić information content (AvgIpc) is 3.22. The highest BCUT2D eigenvalue weighted by Crippen LogP contribution is 2.31. The molecule has 1 amide bonds. The molecule has 5 rings (SSSR count). The summed E-state index contributed by atoms with van der Waals surface area (Å²) >= 11 is 5.77. The first-order chi connectivity index (χ1) is 15.3. The number of nitrogen functional groups attached to an aromatic ring is 1. The van der Waals surface area contributed by atoms with E-state index in [9.17, 15) is 13.6 Å². The molecule has 1 aliphatic rings. The van der Waals surface area contributed by atoms with Crippen LogP contribution in [0.25, 0.3) is 16.6 Å². The van der Waals surface area contributed by atoms with Gasteiger partial charge in [0.1, 0.15) is 11.3 Å². The molecule has 0 spiro atoms. The quantitative estimate of drug-likeness (QED) is 0.491. The monoisotopic (exact) mass is 458 g/mol. The topological polar surface area (TPSA) is 115 Å². The van der Waals surface area contributed by atoms with E-state index >= 15 is 0 Å². The molecule has 12 heteroatoms. The van der Waals surface area contributed by atoms with Gasteiger partial charge in [-0.2, -0.15) is 4.52 Å². The molecule has 4 aromatic rings. The summed E-state index contributed by atoms with van der Waals surface area (Å²) < 4.78 is 29.3. The van der Waals surface area contributed by atoms with Crippen molar-refractivity contribution in [3.05, 3.63) is 52.6 Å². The van der Waals surface area contributed by atoms with Gasteiger partial charge in [0.05, 0.1) is 5.39 Å². The van der Waals surface area contributed by atoms with E-state index < -0.39 is 11.6 Å². The van der Waals surface area contributed by atoms with Crippen LogP contribution >= 0.6 is 11.6 Å². The molecule has 32 heavy (non-hydrogen) atoms. The van der Waals surface area contributed by atoms with Crippen LogP contribution < -0.4 is 5.73 Å². The molecular weight excluding hydrogens is 442 g/mol. The van der Waals surface area contributed by atoms with Gasteiger partial charge in [-0.05, 0) is 38.0 Å². The summed E-state index contributed by atoms with van der Waals surface area (Å²) in [6.07, 6.45) is 1.44. The summed E-state index contributed by atoms with van der Waals surface area (Å²) in [5, 5.41) is 12.4. The highest BCUT2D eigenvalue weighted by Gasteiger charge is 2.33. The number of benzene rings is 1. The van der Waals surface area contributed by atoms with Gasteiger partial charge in [0.2, 0.25) is 5.95 Å². The fourth-order valence-corrected chi connectivity index (χ4v) is 4.13. The molecule has 4 heterocycles. The molecule has 1 fully saturated rings. The minimum absolute atomic E-state index is 0.0241. The van der Waals surface area contributed by atoms with Gasteiger partial charge in [-0.3, -0.25) is 4.79 Å². The fraction of sp³-hybridized carbons (Fsp3) is 0.300. The number of likely N-dealkylation sites (tertiary alicyclic amines) is 1. The number of hydrogen-bond acceptors (Lipinski definition) is 7. The lowest BCUT2D eigenvalue weighted by Crippen LogP contribution is -2.45. The number of halogens is 3. The molecule has 2 N–H and O–H groups in total. The predicted molar refractivity (Wildman–Crippen MR) is 112 cm³/mol. The Balaban J connectivity index is 1.52. The molecule has 0 radical (unpaired) electrons. The molecule has 0 unspecified atom stereocenters. The van der Waals surface area contributed by atoms with Gasteiger partial charge < -0.3 is 10.6 Å². The van der Waals surface area contributed by atoms with Crippen molar-refractivity contribution in [3.63, 3.8) is 0 Å². The van der Waals surface area contributed by atoms with Crippen LogP contribution in [0.4, 0.5) is 14.7 Å². The molecule has 0 aliphatic carbocycles. The van der Waals surface area contributed by atoms with Crippen molar-refractivity contribution < 1.29 is 13.6 Å². The Morgan fingerprint density at radius 2 is 2.00 bits per heavy atom. The molecule has 3 aromatic heterocycles. The third-order valence-corrected chi connectivity index (χ3v) is 5.90. The summed E-state index contributed by atoms with van der Waals surface area (Å²) in [6.45, 7) is 2.30. The number of carbonyl (C=O) groups excluding carboxylic acids is 1. The summed E-state index contributed by atoms with van der Waals surface area (Å²) in [4.78, 5) is 23.2. The predicted octanol–water partition coefficient (Wildman–Crippen LogP) is 2.99. The Morgan fingerprint density at radius 3 is 2.75 bits per heavy atom. The molecule has 0 bridgehead atoms. The average molecular weight is 459 g/mol. The Bertz CT molecular complexity index is 1360. The SMILES string of the molecule is C[C@H]1CC[C@@H](c2nc3c4cc(F)cc(F)c4nc(N)n3n2)CN1C(=O)c1ccc(Cl)nn1. The molecular formula is C20H17ClF2N8O. The van der Waals surface area contributed by atoms with E-state index in [1.165, 1.54) is 16.6 Å². The number of nitrogens with zero attached hydrogens (tertiary/aromatic N) is 7. The van der Waals surface area contributed by atoms with Crippen LogP contribution in [-0.2, 0) is 0 Å². The van der Waals surface area contributed by atoms with Crippen molar-refractivity contribution in [2.45, 2.75) is 31.7 Å². The van der Waals surface area contributed by atoms with Crippen molar-refractivity contribution in [2.75, 3.05) is 12.3 Å². The first-order valence-corrected chi connectivity index (χ1v) is 10.3. The van der Waals surface area contributed by atoms with E-state index in [0.717, 1.165) is 18.6 Å². The van der Waals surface area contributed by atoms with E-state index in [4.69, 9.17) is 17.3 Å². The maximum atomic E-state index is 14.2. The zero-order chi connectivity index (χ0) is 22.6. The molecule has 9 nitrogen and oxygen atoms in total. The number of rotatable bonds is 2. The largest absolute Gasteiger partial charge is 0.368 e. The van der Waals surface area contributed by atoms with Gasteiger partial charge >= 0.3 is 0 Å². The highest BCUT2D eigenvalue weighted by atomic mass is 35.5. The minimum Gasteiger partial charge on any atom is -0.368 e. The third-order valence-electron chi connectivity index (χ3n) is 5.70. The third kappa shape index (κ3) is 3.38. The number of nitrogens with two attached hydrogens (primary N) is 1. The lowest BCUT2D eigenvalue weighted by atomic mass is 9.92. The van der Waals surface area contributed by atoms with Gasteiger partial charge in [0.25, 0.3) is 5.91 Å². The Kier molecular flexibility index (Phi) is 4.85. The number of anilines is 1. The molecule has 1 aromatic carbocycles. The van der Waals surface area contributed by atoms with Crippen LogP contribution in [0.2, 0.25) is 5.15 Å². The second kappa shape index (κ2) is 7.59. The van der Waals surface area contributed by atoms with Gasteiger partial charge in [-0.25, -0.2) is 18.7 Å². The number of fused-ring (bicyclic) bond motifs is 3. The van der Waals surface area contributed by atoms with Gasteiger partial charge in [-0.15, -0.1) is 15.3 Å². The van der Waals surface area contributed by atoms with Crippen LogP contribution in [-0.4, -0.2) is 53.2 Å². The zero-order valence-corrected chi connectivity index (χ0v) is 17.6. The molecule has 1 aliphatic heterocycles. The van der Waals surface area contributed by atoms with Crippen molar-refractivity contribution in [3.8, 4) is 0 Å². The minimum atomic E-state index is -0.828. The van der Waals surface area contributed by atoms with Crippen LogP contribution in [0, 0.1) is 11.6 Å². The number of aromatic nitrogens is 6. The summed E-state index contributed by atoms with van der Waals surface area (Å²) in [5.74, 6) is -1.70. The zero-order valence-electron chi connectivity index (χ0n) is 16.8. The fourth-order valence-electron chi connectivity index (χ4n) is 4.02. The van der Waals surface area contributed by atoms with Gasteiger partial charge in [0, 0.05) is 24.6 Å².